The van der Waals surface area contributed by atoms with Crippen LogP contribution in [0, 0.1) is 17.3 Å². The molecule has 1 aromatic heterocycles. The largest absolute Gasteiger partial charge is 0.316 e. The van der Waals surface area contributed by atoms with Crippen LogP contribution >= 0.6 is 11.3 Å². The Morgan fingerprint density at radius 1 is 1.25 bits per heavy atom. The van der Waals surface area contributed by atoms with Crippen molar-refractivity contribution in [3.8, 4) is 0 Å². The molecule has 1 nitrogen and oxygen atoms in total. The minimum Gasteiger partial charge on any atom is -0.316 e. The molecule has 0 saturated heterocycles. The van der Waals surface area contributed by atoms with E-state index in [0.717, 1.165) is 18.4 Å². The zero-order chi connectivity index (χ0) is 13.6. The third kappa shape index (κ3) is 2.19. The minimum atomic E-state index is 0.535. The minimum absolute atomic E-state index is 0.535. The average Bonchev–Trinajstić information content (AvgIpc) is 2.92. The van der Waals surface area contributed by atoms with Gasteiger partial charge in [0.05, 0.1) is 0 Å². The highest BCUT2D eigenvalue weighted by molar-refractivity contribution is 7.17. The van der Waals surface area contributed by atoms with Crippen molar-refractivity contribution in [2.75, 3.05) is 13.1 Å². The Labute approximate surface area is 125 Å². The summed E-state index contributed by atoms with van der Waals surface area (Å²) in [5, 5.41) is 7.54. The summed E-state index contributed by atoms with van der Waals surface area (Å²) in [4.78, 5) is 0. The van der Waals surface area contributed by atoms with Gasteiger partial charge in [-0.15, -0.1) is 11.3 Å². The summed E-state index contributed by atoms with van der Waals surface area (Å²) in [6.45, 7) is 4.53. The van der Waals surface area contributed by atoms with E-state index in [-0.39, 0.29) is 0 Å². The first kappa shape index (κ1) is 12.8. The van der Waals surface area contributed by atoms with Crippen molar-refractivity contribution in [3.05, 3.63) is 35.2 Å². The van der Waals surface area contributed by atoms with Crippen molar-refractivity contribution < 1.29 is 0 Å². The Kier molecular flexibility index (Phi) is 3.12. The second kappa shape index (κ2) is 4.85. The predicted molar refractivity (Wildman–Crippen MR) is 87.3 cm³/mol. The summed E-state index contributed by atoms with van der Waals surface area (Å²) in [5.74, 6) is 2.11. The van der Waals surface area contributed by atoms with Crippen molar-refractivity contribution in [1.29, 1.82) is 0 Å². The zero-order valence-corrected chi connectivity index (χ0v) is 13.0. The quantitative estimate of drug-likeness (QED) is 0.854. The summed E-state index contributed by atoms with van der Waals surface area (Å²) < 4.78 is 1.45. The summed E-state index contributed by atoms with van der Waals surface area (Å²) in [7, 11) is 0. The van der Waals surface area contributed by atoms with E-state index < -0.39 is 0 Å². The molecule has 1 heterocycles. The van der Waals surface area contributed by atoms with Crippen LogP contribution in [0.5, 0.6) is 0 Å². The Balaban J connectivity index is 1.61. The molecule has 2 heteroatoms. The van der Waals surface area contributed by atoms with Gasteiger partial charge >= 0.3 is 0 Å². The highest BCUT2D eigenvalue weighted by atomic mass is 32.1. The van der Waals surface area contributed by atoms with Gasteiger partial charge in [0.25, 0.3) is 0 Å². The normalized spacial score (nSPS) is 31.6. The van der Waals surface area contributed by atoms with Gasteiger partial charge in [0.15, 0.2) is 0 Å². The lowest BCUT2D eigenvalue weighted by atomic mass is 9.77. The van der Waals surface area contributed by atoms with Crippen molar-refractivity contribution in [1.82, 2.24) is 5.32 Å². The molecule has 0 radical (unpaired) electrons. The molecule has 0 aliphatic heterocycles. The molecule has 2 aliphatic rings. The van der Waals surface area contributed by atoms with Crippen molar-refractivity contribution in [3.63, 3.8) is 0 Å². The predicted octanol–water partition coefficient (Wildman–Crippen LogP) is 4.47. The fourth-order valence-corrected chi connectivity index (χ4v) is 5.28. The lowest BCUT2D eigenvalue weighted by Gasteiger charge is -2.31. The molecule has 2 atom stereocenters. The van der Waals surface area contributed by atoms with Crippen molar-refractivity contribution in [2.45, 2.75) is 32.6 Å². The monoisotopic (exact) mass is 285 g/mol. The third-order valence-corrected chi connectivity index (χ3v) is 6.35. The second-order valence-corrected chi connectivity index (χ2v) is 7.79. The molecule has 1 aromatic carbocycles. The van der Waals surface area contributed by atoms with Gasteiger partial charge in [0.2, 0.25) is 0 Å². The lowest BCUT2D eigenvalue weighted by molar-refractivity contribution is 0.251. The van der Waals surface area contributed by atoms with E-state index in [1.54, 1.807) is 5.56 Å². The third-order valence-electron chi connectivity index (χ3n) is 5.34. The van der Waals surface area contributed by atoms with E-state index in [4.69, 9.17) is 0 Å². The van der Waals surface area contributed by atoms with Crippen LogP contribution in [0.1, 0.15) is 31.7 Å². The lowest BCUT2D eigenvalue weighted by Crippen LogP contribution is -2.35. The van der Waals surface area contributed by atoms with Crippen LogP contribution in [0.25, 0.3) is 10.1 Å². The van der Waals surface area contributed by atoms with Gasteiger partial charge in [-0.3, -0.25) is 0 Å². The highest BCUT2D eigenvalue weighted by Crippen LogP contribution is 2.60. The molecule has 2 fully saturated rings. The van der Waals surface area contributed by atoms with E-state index in [2.05, 4.69) is 41.9 Å². The van der Waals surface area contributed by atoms with Gasteiger partial charge in [-0.05, 0) is 71.9 Å². The maximum absolute atomic E-state index is 3.64. The first-order valence-electron chi connectivity index (χ1n) is 7.95. The standard InChI is InChI=1S/C18H23NS/c1-2-19-12-18(8-13-7-14(13)9-18)10-15-11-20-17-6-4-3-5-16(15)17/h3-6,11,13-14,19H,2,7-10,12H2,1H3. The van der Waals surface area contributed by atoms with Crippen LogP contribution in [-0.2, 0) is 6.42 Å². The molecule has 4 rings (SSSR count). The van der Waals surface area contributed by atoms with E-state index in [0.29, 0.717) is 5.41 Å². The molecular weight excluding hydrogens is 262 g/mol. The van der Waals surface area contributed by atoms with Crippen LogP contribution in [0.15, 0.2) is 29.6 Å². The summed E-state index contributed by atoms with van der Waals surface area (Å²) >= 11 is 1.91. The Morgan fingerprint density at radius 3 is 2.85 bits per heavy atom. The van der Waals surface area contributed by atoms with Crippen molar-refractivity contribution in [2.24, 2.45) is 17.3 Å². The molecule has 1 N–H and O–H groups in total. The fraction of sp³-hybridized carbons (Fsp3) is 0.556. The zero-order valence-electron chi connectivity index (χ0n) is 12.2. The van der Waals surface area contributed by atoms with Crippen LogP contribution in [-0.4, -0.2) is 13.1 Å². The molecule has 20 heavy (non-hydrogen) atoms. The smallest absolute Gasteiger partial charge is 0.0345 e. The molecule has 0 bridgehead atoms. The van der Waals surface area contributed by atoms with E-state index in [9.17, 15) is 0 Å². The number of hydrogen-bond donors (Lipinski definition) is 1. The van der Waals surface area contributed by atoms with Crippen LogP contribution in [0.3, 0.4) is 0 Å². The fourth-order valence-electron chi connectivity index (χ4n) is 4.32. The SMILES string of the molecule is CCNCC1(Cc2csc3ccccc23)CC2CC2C1. The Morgan fingerprint density at radius 2 is 2.05 bits per heavy atom. The van der Waals surface area contributed by atoms with Gasteiger partial charge in [-0.2, -0.15) is 0 Å². The van der Waals surface area contributed by atoms with Crippen LogP contribution < -0.4 is 5.32 Å². The Hall–Kier alpha value is -0.860. The number of benzene rings is 1. The van der Waals surface area contributed by atoms with Crippen molar-refractivity contribution >= 4 is 21.4 Å². The molecule has 2 unspecified atom stereocenters. The summed E-state index contributed by atoms with van der Waals surface area (Å²) in [6.07, 6.45) is 5.69. The van der Waals surface area contributed by atoms with Crippen LogP contribution in [0.4, 0.5) is 0 Å². The van der Waals surface area contributed by atoms with Gasteiger partial charge in [-0.25, -0.2) is 0 Å². The molecular formula is C18H23NS. The first-order chi connectivity index (χ1) is 9.80. The van der Waals surface area contributed by atoms with E-state index in [1.807, 2.05) is 11.3 Å². The topological polar surface area (TPSA) is 12.0 Å². The second-order valence-electron chi connectivity index (χ2n) is 6.88. The van der Waals surface area contributed by atoms with Gasteiger partial charge < -0.3 is 5.32 Å². The van der Waals surface area contributed by atoms with E-state index >= 15 is 0 Å². The molecule has 2 saturated carbocycles. The van der Waals surface area contributed by atoms with Gasteiger partial charge in [-0.1, -0.05) is 25.1 Å². The van der Waals surface area contributed by atoms with E-state index in [1.165, 1.54) is 42.3 Å². The summed E-state index contributed by atoms with van der Waals surface area (Å²) in [6, 6.07) is 8.90. The number of nitrogens with one attached hydrogen (secondary N) is 1. The number of fused-ring (bicyclic) bond motifs is 2. The maximum atomic E-state index is 3.64. The Bertz CT molecular complexity index is 605. The molecule has 106 valence electrons. The molecule has 2 aromatic rings. The maximum Gasteiger partial charge on any atom is 0.0345 e. The number of hydrogen-bond acceptors (Lipinski definition) is 2. The van der Waals surface area contributed by atoms with Crippen LogP contribution in [0.2, 0.25) is 0 Å². The van der Waals surface area contributed by atoms with Gasteiger partial charge in [0.1, 0.15) is 0 Å². The average molecular weight is 285 g/mol. The highest BCUT2D eigenvalue weighted by Gasteiger charge is 2.53. The molecule has 0 spiro atoms. The number of rotatable bonds is 5. The number of thiophene rings is 1. The van der Waals surface area contributed by atoms with Gasteiger partial charge in [0, 0.05) is 11.2 Å². The molecule has 2 aliphatic carbocycles. The first-order valence-corrected chi connectivity index (χ1v) is 8.83. The molecule has 0 amide bonds. The summed E-state index contributed by atoms with van der Waals surface area (Å²) in [5.41, 5.74) is 2.12.